The van der Waals surface area contributed by atoms with E-state index in [1.807, 2.05) is 13.0 Å². The largest absolute Gasteiger partial charge is 0.416 e. The van der Waals surface area contributed by atoms with Gasteiger partial charge in [0.05, 0.1) is 10.5 Å². The minimum atomic E-state index is -4.55. The zero-order valence-electron chi connectivity index (χ0n) is 16.6. The van der Waals surface area contributed by atoms with E-state index in [0.29, 0.717) is 11.3 Å². The Morgan fingerprint density at radius 3 is 2.23 bits per heavy atom. The molecule has 0 saturated heterocycles. The molecule has 3 aromatic carbocycles. The van der Waals surface area contributed by atoms with Crippen molar-refractivity contribution in [2.24, 2.45) is 0 Å². The Bertz CT molecular complexity index is 1240. The molecular formula is C22H19F3N2O3S. The molecular weight excluding hydrogens is 429 g/mol. The third-order valence-electron chi connectivity index (χ3n) is 4.48. The fourth-order valence-corrected chi connectivity index (χ4v) is 3.98. The van der Waals surface area contributed by atoms with Gasteiger partial charge in [0, 0.05) is 16.9 Å². The third-order valence-corrected chi connectivity index (χ3v) is 5.86. The Hall–Kier alpha value is -3.33. The predicted octanol–water partition coefficient (Wildman–Crippen LogP) is 5.38. The number of hydrogen-bond donors (Lipinski definition) is 2. The van der Waals surface area contributed by atoms with Crippen LogP contribution in [0.5, 0.6) is 0 Å². The van der Waals surface area contributed by atoms with Crippen molar-refractivity contribution >= 4 is 27.3 Å². The molecule has 0 atom stereocenters. The van der Waals surface area contributed by atoms with Crippen LogP contribution in [0.4, 0.5) is 24.5 Å². The SMILES string of the molecule is Cc1cccc(NS(=O)(=O)c2ccc(C)c(C(=O)Nc3cccc(C(F)(F)F)c3)c2)c1. The van der Waals surface area contributed by atoms with Gasteiger partial charge in [-0.15, -0.1) is 0 Å². The van der Waals surface area contributed by atoms with Crippen molar-refractivity contribution in [1.29, 1.82) is 0 Å². The van der Waals surface area contributed by atoms with Crippen LogP contribution in [-0.2, 0) is 16.2 Å². The van der Waals surface area contributed by atoms with Crippen molar-refractivity contribution in [1.82, 2.24) is 0 Å². The second kappa shape index (κ2) is 8.43. The summed E-state index contributed by atoms with van der Waals surface area (Å²) in [6.45, 7) is 3.42. The molecule has 0 saturated carbocycles. The summed E-state index contributed by atoms with van der Waals surface area (Å²) < 4.78 is 66.6. The minimum Gasteiger partial charge on any atom is -0.322 e. The second-order valence-corrected chi connectivity index (χ2v) is 8.67. The van der Waals surface area contributed by atoms with E-state index in [4.69, 9.17) is 0 Å². The van der Waals surface area contributed by atoms with Crippen molar-refractivity contribution in [3.63, 3.8) is 0 Å². The van der Waals surface area contributed by atoms with E-state index < -0.39 is 27.7 Å². The lowest BCUT2D eigenvalue weighted by Gasteiger charge is -2.13. The van der Waals surface area contributed by atoms with Gasteiger partial charge in [0.15, 0.2) is 0 Å². The maximum atomic E-state index is 12.9. The van der Waals surface area contributed by atoms with Crippen LogP contribution in [0.3, 0.4) is 0 Å². The van der Waals surface area contributed by atoms with Crippen molar-refractivity contribution in [2.75, 3.05) is 10.0 Å². The van der Waals surface area contributed by atoms with Crippen LogP contribution in [0, 0.1) is 13.8 Å². The normalized spacial score (nSPS) is 11.8. The van der Waals surface area contributed by atoms with Gasteiger partial charge >= 0.3 is 6.18 Å². The van der Waals surface area contributed by atoms with Crippen LogP contribution in [0.1, 0.15) is 27.0 Å². The molecule has 0 aromatic heterocycles. The van der Waals surface area contributed by atoms with Crippen LogP contribution >= 0.6 is 0 Å². The summed E-state index contributed by atoms with van der Waals surface area (Å²) in [5.74, 6) is -0.718. The topological polar surface area (TPSA) is 75.3 Å². The first-order valence-corrected chi connectivity index (χ1v) is 10.6. The lowest BCUT2D eigenvalue weighted by molar-refractivity contribution is -0.137. The highest BCUT2D eigenvalue weighted by Crippen LogP contribution is 2.31. The Kier molecular flexibility index (Phi) is 6.08. The zero-order chi connectivity index (χ0) is 22.8. The van der Waals surface area contributed by atoms with E-state index in [2.05, 4.69) is 10.0 Å². The van der Waals surface area contributed by atoms with E-state index in [1.54, 1.807) is 25.1 Å². The summed E-state index contributed by atoms with van der Waals surface area (Å²) in [7, 11) is -3.98. The Morgan fingerprint density at radius 1 is 0.871 bits per heavy atom. The highest BCUT2D eigenvalue weighted by Gasteiger charge is 2.30. The molecule has 5 nitrogen and oxygen atoms in total. The van der Waals surface area contributed by atoms with Crippen LogP contribution in [0.15, 0.2) is 71.6 Å². The first-order chi connectivity index (χ1) is 14.5. The molecule has 0 aliphatic carbocycles. The standard InChI is InChI=1S/C22H19F3N2O3S/c1-14-5-3-8-18(11-14)27-31(29,30)19-10-9-15(2)20(13-19)21(28)26-17-7-4-6-16(12-17)22(23,24)25/h3-13,27H,1-2H3,(H,26,28). The fraction of sp³-hybridized carbons (Fsp3) is 0.136. The van der Waals surface area contributed by atoms with Gasteiger partial charge in [-0.1, -0.05) is 24.3 Å². The Balaban J connectivity index is 1.88. The first kappa shape index (κ1) is 22.4. The van der Waals surface area contributed by atoms with E-state index >= 15 is 0 Å². The molecule has 9 heteroatoms. The van der Waals surface area contributed by atoms with Gasteiger partial charge in [-0.2, -0.15) is 13.2 Å². The molecule has 0 fully saturated rings. The van der Waals surface area contributed by atoms with E-state index in [1.165, 1.54) is 30.3 Å². The Morgan fingerprint density at radius 2 is 1.55 bits per heavy atom. The average molecular weight is 448 g/mol. The van der Waals surface area contributed by atoms with Gasteiger partial charge in [0.1, 0.15) is 0 Å². The summed E-state index contributed by atoms with van der Waals surface area (Å²) in [6.07, 6.45) is -4.55. The fourth-order valence-electron chi connectivity index (χ4n) is 2.91. The number of halogens is 3. The summed E-state index contributed by atoms with van der Waals surface area (Å²) >= 11 is 0. The minimum absolute atomic E-state index is 0.0320. The smallest absolute Gasteiger partial charge is 0.322 e. The number of sulfonamides is 1. The quantitative estimate of drug-likeness (QED) is 0.551. The molecule has 0 spiro atoms. The number of alkyl halides is 3. The molecule has 0 heterocycles. The zero-order valence-corrected chi connectivity index (χ0v) is 17.4. The molecule has 3 rings (SSSR count). The third kappa shape index (κ3) is 5.43. The molecule has 162 valence electrons. The number of aryl methyl sites for hydroxylation is 2. The van der Waals surface area contributed by atoms with Gasteiger partial charge in [-0.25, -0.2) is 8.42 Å². The molecule has 0 radical (unpaired) electrons. The van der Waals surface area contributed by atoms with Crippen LogP contribution in [0.2, 0.25) is 0 Å². The summed E-state index contributed by atoms with van der Waals surface area (Å²) in [5.41, 5.74) is 0.787. The number of carbonyl (C=O) groups excluding carboxylic acids is 1. The average Bonchev–Trinajstić information content (AvgIpc) is 2.67. The molecule has 2 N–H and O–H groups in total. The molecule has 0 aliphatic heterocycles. The van der Waals surface area contributed by atoms with E-state index in [0.717, 1.165) is 17.7 Å². The second-order valence-electron chi connectivity index (χ2n) is 6.98. The molecule has 31 heavy (non-hydrogen) atoms. The van der Waals surface area contributed by atoms with Gasteiger partial charge in [0.25, 0.3) is 15.9 Å². The van der Waals surface area contributed by atoms with Crippen molar-refractivity contribution in [2.45, 2.75) is 24.9 Å². The van der Waals surface area contributed by atoms with E-state index in [-0.39, 0.29) is 16.1 Å². The highest BCUT2D eigenvalue weighted by atomic mass is 32.2. The van der Waals surface area contributed by atoms with Crippen molar-refractivity contribution < 1.29 is 26.4 Å². The number of carbonyl (C=O) groups is 1. The van der Waals surface area contributed by atoms with Gasteiger partial charge in [-0.05, 0) is 67.4 Å². The summed E-state index contributed by atoms with van der Waals surface area (Å²) in [6, 6.07) is 15.0. The number of hydrogen-bond acceptors (Lipinski definition) is 3. The van der Waals surface area contributed by atoms with Crippen molar-refractivity contribution in [3.8, 4) is 0 Å². The maximum Gasteiger partial charge on any atom is 0.416 e. The molecule has 3 aromatic rings. The highest BCUT2D eigenvalue weighted by molar-refractivity contribution is 7.92. The number of benzene rings is 3. The Labute approximate surface area is 178 Å². The lowest BCUT2D eigenvalue weighted by Crippen LogP contribution is -2.17. The summed E-state index contributed by atoms with van der Waals surface area (Å²) in [5, 5.41) is 2.39. The maximum absolute atomic E-state index is 12.9. The number of amides is 1. The van der Waals surface area contributed by atoms with Crippen molar-refractivity contribution in [3.05, 3.63) is 89.0 Å². The monoisotopic (exact) mass is 448 g/mol. The molecule has 0 bridgehead atoms. The molecule has 0 aliphatic rings. The number of anilines is 2. The van der Waals surface area contributed by atoms with Gasteiger partial charge in [-0.3, -0.25) is 9.52 Å². The molecule has 1 amide bonds. The van der Waals surface area contributed by atoms with Gasteiger partial charge in [0.2, 0.25) is 0 Å². The van der Waals surface area contributed by atoms with Crippen LogP contribution < -0.4 is 10.0 Å². The van der Waals surface area contributed by atoms with Crippen LogP contribution in [-0.4, -0.2) is 14.3 Å². The lowest BCUT2D eigenvalue weighted by atomic mass is 10.1. The van der Waals surface area contributed by atoms with Crippen LogP contribution in [0.25, 0.3) is 0 Å². The first-order valence-electron chi connectivity index (χ1n) is 9.14. The number of rotatable bonds is 5. The van der Waals surface area contributed by atoms with E-state index in [9.17, 15) is 26.4 Å². The molecule has 0 unspecified atom stereocenters. The summed E-state index contributed by atoms with van der Waals surface area (Å²) in [4.78, 5) is 12.5. The predicted molar refractivity (Wildman–Crippen MR) is 113 cm³/mol. The number of nitrogens with one attached hydrogen (secondary N) is 2. The van der Waals surface area contributed by atoms with Gasteiger partial charge < -0.3 is 5.32 Å².